The maximum Gasteiger partial charge on any atom is 0.239 e. The highest BCUT2D eigenvalue weighted by Crippen LogP contribution is 2.16. The Morgan fingerprint density at radius 2 is 2.17 bits per heavy atom. The van der Waals surface area contributed by atoms with Crippen LogP contribution >= 0.6 is 0 Å². The van der Waals surface area contributed by atoms with Crippen molar-refractivity contribution in [3.05, 3.63) is 0 Å². The average molecular weight is 255 g/mol. The summed E-state index contributed by atoms with van der Waals surface area (Å²) in [5, 5.41) is 6.39. The van der Waals surface area contributed by atoms with E-state index in [0.29, 0.717) is 5.92 Å². The van der Waals surface area contributed by atoms with Gasteiger partial charge in [-0.15, -0.1) is 0 Å². The van der Waals surface area contributed by atoms with Crippen molar-refractivity contribution in [1.82, 2.24) is 15.5 Å². The zero-order valence-electron chi connectivity index (χ0n) is 11.5. The van der Waals surface area contributed by atoms with Gasteiger partial charge in [-0.2, -0.15) is 0 Å². The smallest absolute Gasteiger partial charge is 0.239 e. The Kier molecular flexibility index (Phi) is 4.59. The summed E-state index contributed by atoms with van der Waals surface area (Å²) in [4.78, 5) is 14.6. The molecule has 5 nitrogen and oxygen atoms in total. The van der Waals surface area contributed by atoms with Crippen molar-refractivity contribution < 1.29 is 9.53 Å². The van der Waals surface area contributed by atoms with E-state index in [9.17, 15) is 4.79 Å². The number of piperazine rings is 1. The second-order valence-electron chi connectivity index (χ2n) is 5.74. The fraction of sp³-hybridized carbons (Fsp3) is 0.923. The first-order valence-electron chi connectivity index (χ1n) is 6.92. The molecule has 0 aromatic rings. The van der Waals surface area contributed by atoms with E-state index in [2.05, 4.69) is 15.5 Å². The molecular weight excluding hydrogens is 230 g/mol. The Morgan fingerprint density at radius 1 is 1.44 bits per heavy atom. The second kappa shape index (κ2) is 5.99. The fourth-order valence-corrected chi connectivity index (χ4v) is 2.57. The van der Waals surface area contributed by atoms with E-state index < -0.39 is 5.54 Å². The summed E-state index contributed by atoms with van der Waals surface area (Å²) < 4.78 is 5.32. The molecular formula is C13H25N3O2. The van der Waals surface area contributed by atoms with E-state index in [1.807, 2.05) is 13.8 Å². The van der Waals surface area contributed by atoms with Gasteiger partial charge < -0.3 is 15.4 Å². The van der Waals surface area contributed by atoms with Gasteiger partial charge in [0.2, 0.25) is 5.91 Å². The van der Waals surface area contributed by atoms with Gasteiger partial charge in [-0.25, -0.2) is 0 Å². The minimum Gasteiger partial charge on any atom is -0.381 e. The molecule has 0 aromatic carbocycles. The van der Waals surface area contributed by atoms with Crippen LogP contribution in [-0.4, -0.2) is 62.3 Å². The maximum absolute atomic E-state index is 12.3. The van der Waals surface area contributed by atoms with E-state index in [0.717, 1.165) is 52.4 Å². The molecule has 0 spiro atoms. The van der Waals surface area contributed by atoms with Crippen LogP contribution in [0, 0.1) is 5.92 Å². The standard InChI is InChI=1S/C13H25N3O2/c1-13(2,16-6-4-14-5-7-16)12(17)15-9-11-3-8-18-10-11/h11,14H,3-10H2,1-2H3,(H,15,17). The van der Waals surface area contributed by atoms with Gasteiger partial charge >= 0.3 is 0 Å². The van der Waals surface area contributed by atoms with Gasteiger partial charge in [0.1, 0.15) is 0 Å². The Labute approximate surface area is 109 Å². The molecule has 2 N–H and O–H groups in total. The molecule has 0 saturated carbocycles. The molecule has 2 fully saturated rings. The van der Waals surface area contributed by atoms with Gasteiger partial charge in [0, 0.05) is 45.2 Å². The molecule has 1 atom stereocenters. The van der Waals surface area contributed by atoms with Crippen LogP contribution < -0.4 is 10.6 Å². The average Bonchev–Trinajstić information content (AvgIpc) is 2.90. The molecule has 1 unspecified atom stereocenters. The fourth-order valence-electron chi connectivity index (χ4n) is 2.57. The van der Waals surface area contributed by atoms with Crippen LogP contribution in [0.5, 0.6) is 0 Å². The van der Waals surface area contributed by atoms with Crippen molar-refractivity contribution in [3.63, 3.8) is 0 Å². The highest BCUT2D eigenvalue weighted by Gasteiger charge is 2.35. The Hall–Kier alpha value is -0.650. The molecule has 0 aliphatic carbocycles. The lowest BCUT2D eigenvalue weighted by Gasteiger charge is -2.39. The lowest BCUT2D eigenvalue weighted by atomic mass is 10.00. The molecule has 1 amide bonds. The van der Waals surface area contributed by atoms with Gasteiger partial charge in [0.05, 0.1) is 12.1 Å². The molecule has 2 rings (SSSR count). The van der Waals surface area contributed by atoms with Gasteiger partial charge in [0.25, 0.3) is 0 Å². The number of hydrogen-bond donors (Lipinski definition) is 2. The number of carbonyl (C=O) groups excluding carboxylic acids is 1. The van der Waals surface area contributed by atoms with Crippen molar-refractivity contribution in [1.29, 1.82) is 0 Å². The van der Waals surface area contributed by atoms with Gasteiger partial charge in [0.15, 0.2) is 0 Å². The van der Waals surface area contributed by atoms with Crippen molar-refractivity contribution >= 4 is 5.91 Å². The van der Waals surface area contributed by atoms with Gasteiger partial charge in [-0.1, -0.05) is 0 Å². The SMILES string of the molecule is CC(C)(C(=O)NCC1CCOC1)N1CCNCC1. The third-order valence-corrected chi connectivity index (χ3v) is 4.04. The molecule has 104 valence electrons. The minimum absolute atomic E-state index is 0.135. The molecule has 2 heterocycles. The van der Waals surface area contributed by atoms with E-state index >= 15 is 0 Å². The topological polar surface area (TPSA) is 53.6 Å². The molecule has 2 aliphatic rings. The number of carbonyl (C=O) groups is 1. The quantitative estimate of drug-likeness (QED) is 0.732. The molecule has 0 radical (unpaired) electrons. The molecule has 18 heavy (non-hydrogen) atoms. The third-order valence-electron chi connectivity index (χ3n) is 4.04. The molecule has 2 saturated heterocycles. The highest BCUT2D eigenvalue weighted by molar-refractivity contribution is 5.85. The van der Waals surface area contributed by atoms with Crippen molar-refractivity contribution in [2.24, 2.45) is 5.92 Å². The summed E-state index contributed by atoms with van der Waals surface area (Å²) in [5.74, 6) is 0.629. The second-order valence-corrected chi connectivity index (χ2v) is 5.74. The van der Waals surface area contributed by atoms with Gasteiger partial charge in [-0.3, -0.25) is 9.69 Å². The molecule has 5 heteroatoms. The number of nitrogens with one attached hydrogen (secondary N) is 2. The first-order valence-corrected chi connectivity index (χ1v) is 6.92. The Morgan fingerprint density at radius 3 is 2.78 bits per heavy atom. The first-order chi connectivity index (χ1) is 8.60. The van der Waals surface area contributed by atoms with Crippen LogP contribution in [0.25, 0.3) is 0 Å². The van der Waals surface area contributed by atoms with Crippen molar-refractivity contribution in [3.8, 4) is 0 Å². The minimum atomic E-state index is -0.415. The zero-order valence-corrected chi connectivity index (χ0v) is 11.5. The molecule has 2 aliphatic heterocycles. The van der Waals surface area contributed by atoms with Crippen LogP contribution in [0.4, 0.5) is 0 Å². The first kappa shape index (κ1) is 13.8. The predicted molar refractivity (Wildman–Crippen MR) is 70.5 cm³/mol. The summed E-state index contributed by atoms with van der Waals surface area (Å²) in [7, 11) is 0. The van der Waals surface area contributed by atoms with Crippen LogP contribution in [-0.2, 0) is 9.53 Å². The van der Waals surface area contributed by atoms with Crippen molar-refractivity contribution in [2.45, 2.75) is 25.8 Å². The summed E-state index contributed by atoms with van der Waals surface area (Å²) in [6.07, 6.45) is 1.06. The summed E-state index contributed by atoms with van der Waals surface area (Å²) in [6, 6.07) is 0. The van der Waals surface area contributed by atoms with E-state index in [1.54, 1.807) is 0 Å². The Bertz CT molecular complexity index is 282. The summed E-state index contributed by atoms with van der Waals surface area (Å²) >= 11 is 0. The van der Waals surface area contributed by atoms with Crippen LogP contribution in [0.15, 0.2) is 0 Å². The summed E-state index contributed by atoms with van der Waals surface area (Å²) in [5.41, 5.74) is -0.415. The number of ether oxygens (including phenoxy) is 1. The van der Waals surface area contributed by atoms with Crippen LogP contribution in [0.2, 0.25) is 0 Å². The zero-order chi connectivity index (χ0) is 13.0. The Balaban J connectivity index is 1.81. The van der Waals surface area contributed by atoms with Crippen LogP contribution in [0.3, 0.4) is 0 Å². The lowest BCUT2D eigenvalue weighted by Crippen LogP contribution is -2.60. The van der Waals surface area contributed by atoms with Gasteiger partial charge in [-0.05, 0) is 20.3 Å². The molecule has 0 bridgehead atoms. The molecule has 0 aromatic heterocycles. The van der Waals surface area contributed by atoms with E-state index in [4.69, 9.17) is 4.74 Å². The number of nitrogens with zero attached hydrogens (tertiary/aromatic N) is 1. The summed E-state index contributed by atoms with van der Waals surface area (Å²) in [6.45, 7) is 10.2. The highest BCUT2D eigenvalue weighted by atomic mass is 16.5. The normalized spacial score (nSPS) is 26.2. The largest absolute Gasteiger partial charge is 0.381 e. The van der Waals surface area contributed by atoms with Crippen LogP contribution in [0.1, 0.15) is 20.3 Å². The predicted octanol–water partition coefficient (Wildman–Crippen LogP) is -0.177. The monoisotopic (exact) mass is 255 g/mol. The van der Waals surface area contributed by atoms with E-state index in [-0.39, 0.29) is 5.91 Å². The maximum atomic E-state index is 12.3. The third kappa shape index (κ3) is 3.22. The van der Waals surface area contributed by atoms with E-state index in [1.165, 1.54) is 0 Å². The van der Waals surface area contributed by atoms with Crippen molar-refractivity contribution in [2.75, 3.05) is 45.9 Å². The number of rotatable bonds is 4. The number of hydrogen-bond acceptors (Lipinski definition) is 4. The number of amides is 1. The lowest BCUT2D eigenvalue weighted by molar-refractivity contribution is -0.132.